The van der Waals surface area contributed by atoms with E-state index < -0.39 is 15.6 Å². The average molecular weight is 376 g/mol. The maximum atomic E-state index is 12.4. The normalized spacial score (nSPS) is 11.8. The number of aryl methyl sites for hydroxylation is 1. The van der Waals surface area contributed by atoms with Gasteiger partial charge in [0.2, 0.25) is 10.0 Å². The third-order valence-corrected chi connectivity index (χ3v) is 4.98. The molecule has 0 aliphatic carbocycles. The van der Waals surface area contributed by atoms with Crippen LogP contribution in [0, 0.1) is 6.92 Å². The van der Waals surface area contributed by atoms with Crippen LogP contribution in [-0.4, -0.2) is 26.5 Å². The Morgan fingerprint density at radius 2 is 1.77 bits per heavy atom. The molecule has 0 aromatic heterocycles. The molecule has 7 heteroatoms. The van der Waals surface area contributed by atoms with E-state index in [2.05, 4.69) is 10.0 Å². The van der Waals surface area contributed by atoms with Gasteiger partial charge in [0.25, 0.3) is 5.91 Å². The van der Waals surface area contributed by atoms with E-state index >= 15 is 0 Å². The minimum absolute atomic E-state index is 0.0878. The van der Waals surface area contributed by atoms with E-state index in [0.29, 0.717) is 11.4 Å². The molecule has 2 aromatic rings. The number of rotatable bonds is 6. The minimum atomic E-state index is -3.67. The lowest BCUT2D eigenvalue weighted by Crippen LogP contribution is -2.40. The van der Waals surface area contributed by atoms with Crippen LogP contribution in [-0.2, 0) is 14.8 Å². The Balaban J connectivity index is 2.02. The first kappa shape index (κ1) is 19.9. The van der Waals surface area contributed by atoms with Crippen molar-refractivity contribution in [2.75, 3.05) is 11.9 Å². The van der Waals surface area contributed by atoms with Crippen LogP contribution < -0.4 is 14.8 Å². The fourth-order valence-corrected chi connectivity index (χ4v) is 3.72. The molecular formula is C19H24N2O4S. The monoisotopic (exact) mass is 376 g/mol. The Hall–Kier alpha value is -2.38. The molecule has 0 heterocycles. The maximum Gasteiger partial charge on any atom is 0.262 e. The summed E-state index contributed by atoms with van der Waals surface area (Å²) in [5.74, 6) is 0.232. The maximum absolute atomic E-state index is 12.4. The number of hydrogen-bond acceptors (Lipinski definition) is 4. The molecule has 0 spiro atoms. The van der Waals surface area contributed by atoms with Gasteiger partial charge >= 0.3 is 0 Å². The van der Waals surface area contributed by atoms with E-state index in [9.17, 15) is 13.2 Å². The Kier molecular flexibility index (Phi) is 6.05. The highest BCUT2D eigenvalue weighted by Gasteiger charge is 2.22. The number of benzene rings is 2. The molecule has 140 valence electrons. The Morgan fingerprint density at radius 1 is 1.08 bits per heavy atom. The van der Waals surface area contributed by atoms with Crippen LogP contribution in [0.15, 0.2) is 53.4 Å². The SMILES string of the molecule is Cc1cccc(OCC(=O)Nc2cccc(S(=O)(=O)NC(C)(C)C)c2)c1. The van der Waals surface area contributed by atoms with Crippen LogP contribution in [0.3, 0.4) is 0 Å². The fraction of sp³-hybridized carbons (Fsp3) is 0.316. The second-order valence-corrected chi connectivity index (χ2v) is 8.72. The average Bonchev–Trinajstić information content (AvgIpc) is 2.51. The summed E-state index contributed by atoms with van der Waals surface area (Å²) >= 11 is 0. The number of hydrogen-bond donors (Lipinski definition) is 2. The Labute approximate surface area is 154 Å². The van der Waals surface area contributed by atoms with Crippen molar-refractivity contribution in [3.8, 4) is 5.75 Å². The van der Waals surface area contributed by atoms with Gasteiger partial charge in [0.05, 0.1) is 4.90 Å². The molecule has 2 N–H and O–H groups in total. The Bertz CT molecular complexity index is 886. The Morgan fingerprint density at radius 3 is 2.42 bits per heavy atom. The van der Waals surface area contributed by atoms with Crippen molar-refractivity contribution in [2.24, 2.45) is 0 Å². The van der Waals surface area contributed by atoms with Crippen molar-refractivity contribution in [3.05, 3.63) is 54.1 Å². The number of anilines is 1. The number of amides is 1. The van der Waals surface area contributed by atoms with Crippen molar-refractivity contribution in [2.45, 2.75) is 38.1 Å². The lowest BCUT2D eigenvalue weighted by Gasteiger charge is -2.20. The van der Waals surface area contributed by atoms with Crippen molar-refractivity contribution in [1.29, 1.82) is 0 Å². The third kappa shape index (κ3) is 6.16. The summed E-state index contributed by atoms with van der Waals surface area (Å²) in [4.78, 5) is 12.1. The summed E-state index contributed by atoms with van der Waals surface area (Å²) in [6.07, 6.45) is 0. The van der Waals surface area contributed by atoms with Crippen LogP contribution in [0.25, 0.3) is 0 Å². The quantitative estimate of drug-likeness (QED) is 0.811. The molecule has 0 radical (unpaired) electrons. The van der Waals surface area contributed by atoms with Gasteiger partial charge in [0.1, 0.15) is 5.75 Å². The molecule has 26 heavy (non-hydrogen) atoms. The molecule has 0 saturated heterocycles. The zero-order chi connectivity index (χ0) is 19.4. The zero-order valence-electron chi connectivity index (χ0n) is 15.4. The molecule has 2 aromatic carbocycles. The highest BCUT2D eigenvalue weighted by atomic mass is 32.2. The van der Waals surface area contributed by atoms with Crippen molar-refractivity contribution >= 4 is 21.6 Å². The first-order valence-corrected chi connectivity index (χ1v) is 9.67. The van der Waals surface area contributed by atoms with Crippen LogP contribution >= 0.6 is 0 Å². The molecule has 0 saturated carbocycles. The van der Waals surface area contributed by atoms with E-state index in [1.165, 1.54) is 12.1 Å². The fourth-order valence-electron chi connectivity index (χ4n) is 2.25. The first-order chi connectivity index (χ1) is 12.0. The molecular weight excluding hydrogens is 352 g/mol. The van der Waals surface area contributed by atoms with E-state index in [1.807, 2.05) is 25.1 Å². The summed E-state index contributed by atoms with van der Waals surface area (Å²) in [5.41, 5.74) is 0.825. The van der Waals surface area contributed by atoms with Crippen LogP contribution in [0.5, 0.6) is 5.75 Å². The molecule has 2 rings (SSSR count). The molecule has 0 fully saturated rings. The van der Waals surface area contributed by atoms with E-state index in [4.69, 9.17) is 4.74 Å². The largest absolute Gasteiger partial charge is 0.484 e. The standard InChI is InChI=1S/C19H24N2O4S/c1-14-7-5-9-16(11-14)25-13-18(22)20-15-8-6-10-17(12-15)26(23,24)21-19(2,3)4/h5-12,21H,13H2,1-4H3,(H,20,22). The van der Waals surface area contributed by atoms with Crippen LogP contribution in [0.4, 0.5) is 5.69 Å². The summed E-state index contributed by atoms with van der Waals surface area (Å²) in [5, 5.41) is 2.65. The van der Waals surface area contributed by atoms with Gasteiger partial charge in [0.15, 0.2) is 6.61 Å². The number of nitrogens with one attached hydrogen (secondary N) is 2. The van der Waals surface area contributed by atoms with Gasteiger partial charge in [-0.3, -0.25) is 4.79 Å². The summed E-state index contributed by atoms with van der Waals surface area (Å²) in [6, 6.07) is 13.5. The molecule has 6 nitrogen and oxygen atoms in total. The molecule has 1 amide bonds. The van der Waals surface area contributed by atoms with Gasteiger partial charge in [-0.05, 0) is 63.6 Å². The summed E-state index contributed by atoms with van der Waals surface area (Å²) in [7, 11) is -3.67. The highest BCUT2D eigenvalue weighted by molar-refractivity contribution is 7.89. The van der Waals surface area contributed by atoms with Gasteiger partial charge in [-0.25, -0.2) is 13.1 Å². The number of ether oxygens (including phenoxy) is 1. The van der Waals surface area contributed by atoms with Gasteiger partial charge < -0.3 is 10.1 Å². The van der Waals surface area contributed by atoms with E-state index in [-0.39, 0.29) is 17.4 Å². The smallest absolute Gasteiger partial charge is 0.262 e. The predicted molar refractivity (Wildman–Crippen MR) is 102 cm³/mol. The molecule has 0 atom stereocenters. The predicted octanol–water partition coefficient (Wildman–Crippen LogP) is 3.09. The molecule has 0 aliphatic rings. The van der Waals surface area contributed by atoms with Crippen molar-refractivity contribution in [1.82, 2.24) is 4.72 Å². The lowest BCUT2D eigenvalue weighted by atomic mass is 10.1. The molecule has 0 aliphatic heterocycles. The topological polar surface area (TPSA) is 84.5 Å². The van der Waals surface area contributed by atoms with Gasteiger partial charge in [-0.2, -0.15) is 0 Å². The van der Waals surface area contributed by atoms with Gasteiger partial charge in [-0.1, -0.05) is 18.2 Å². The third-order valence-electron chi connectivity index (χ3n) is 3.23. The lowest BCUT2D eigenvalue weighted by molar-refractivity contribution is -0.118. The van der Waals surface area contributed by atoms with Crippen LogP contribution in [0.1, 0.15) is 26.3 Å². The minimum Gasteiger partial charge on any atom is -0.484 e. The van der Waals surface area contributed by atoms with Crippen molar-refractivity contribution < 1.29 is 17.9 Å². The van der Waals surface area contributed by atoms with E-state index in [0.717, 1.165) is 5.56 Å². The molecule has 0 unspecified atom stereocenters. The summed E-state index contributed by atoms with van der Waals surface area (Å²) < 4.78 is 32.8. The van der Waals surface area contributed by atoms with Crippen molar-refractivity contribution in [3.63, 3.8) is 0 Å². The van der Waals surface area contributed by atoms with Crippen LogP contribution in [0.2, 0.25) is 0 Å². The van der Waals surface area contributed by atoms with E-state index in [1.54, 1.807) is 39.0 Å². The number of carbonyl (C=O) groups excluding carboxylic acids is 1. The number of carbonyl (C=O) groups is 1. The highest BCUT2D eigenvalue weighted by Crippen LogP contribution is 2.18. The second-order valence-electron chi connectivity index (χ2n) is 7.04. The second kappa shape index (κ2) is 7.88. The zero-order valence-corrected chi connectivity index (χ0v) is 16.2. The summed E-state index contributed by atoms with van der Waals surface area (Å²) in [6.45, 7) is 7.06. The number of sulfonamides is 1. The molecule has 0 bridgehead atoms. The van der Waals surface area contributed by atoms with Gasteiger partial charge in [0, 0.05) is 11.2 Å². The first-order valence-electron chi connectivity index (χ1n) is 8.18. The van der Waals surface area contributed by atoms with Gasteiger partial charge in [-0.15, -0.1) is 0 Å².